The predicted octanol–water partition coefficient (Wildman–Crippen LogP) is 2.76. The zero-order chi connectivity index (χ0) is 19.8. The number of carbonyl (C=O) groups excluding carboxylic acids is 1. The summed E-state index contributed by atoms with van der Waals surface area (Å²) in [6, 6.07) is 12.3. The molecule has 0 aromatic heterocycles. The third-order valence-electron chi connectivity index (χ3n) is 4.04. The molecule has 0 radical (unpaired) electrons. The van der Waals surface area contributed by atoms with Crippen LogP contribution in [0.5, 0.6) is 17.2 Å². The molecule has 0 aliphatic rings. The van der Waals surface area contributed by atoms with Gasteiger partial charge in [0.2, 0.25) is 5.91 Å². The Kier molecular flexibility index (Phi) is 7.05. The summed E-state index contributed by atoms with van der Waals surface area (Å²) in [6.45, 7) is -0.403. The largest absolute Gasteiger partial charge is 0.493 e. The van der Waals surface area contributed by atoms with Gasteiger partial charge >= 0.3 is 5.97 Å². The highest BCUT2D eigenvalue weighted by Crippen LogP contribution is 2.28. The van der Waals surface area contributed by atoms with E-state index in [2.05, 4.69) is 0 Å². The van der Waals surface area contributed by atoms with Gasteiger partial charge < -0.3 is 24.2 Å². The van der Waals surface area contributed by atoms with Gasteiger partial charge in [-0.15, -0.1) is 0 Å². The van der Waals surface area contributed by atoms with Crippen LogP contribution in [0.4, 0.5) is 5.69 Å². The Morgan fingerprint density at radius 3 is 2.26 bits per heavy atom. The Morgan fingerprint density at radius 2 is 1.67 bits per heavy atom. The third kappa shape index (κ3) is 5.64. The maximum atomic E-state index is 12.5. The summed E-state index contributed by atoms with van der Waals surface area (Å²) in [7, 11) is 4.85. The Morgan fingerprint density at radius 1 is 1.00 bits per heavy atom. The lowest BCUT2D eigenvalue weighted by atomic mass is 10.1. The second-order valence-corrected chi connectivity index (χ2v) is 5.82. The van der Waals surface area contributed by atoms with Crippen molar-refractivity contribution in [1.82, 2.24) is 0 Å². The Balaban J connectivity index is 1.94. The number of carboxylic acids is 1. The van der Waals surface area contributed by atoms with E-state index >= 15 is 0 Å². The lowest BCUT2D eigenvalue weighted by molar-refractivity contribution is -0.139. The molecule has 0 fully saturated rings. The van der Waals surface area contributed by atoms with Gasteiger partial charge in [0.25, 0.3) is 0 Å². The highest BCUT2D eigenvalue weighted by molar-refractivity contribution is 5.92. The number of hydrogen-bond donors (Lipinski definition) is 1. The van der Waals surface area contributed by atoms with Crippen molar-refractivity contribution in [3.05, 3.63) is 48.0 Å². The van der Waals surface area contributed by atoms with Gasteiger partial charge in [-0.05, 0) is 48.4 Å². The number of aryl methyl sites for hydroxylation is 1. The van der Waals surface area contributed by atoms with Crippen molar-refractivity contribution < 1.29 is 28.9 Å². The molecular weight excluding hydrogens is 350 g/mol. The molecule has 27 heavy (non-hydrogen) atoms. The van der Waals surface area contributed by atoms with E-state index in [0.29, 0.717) is 35.8 Å². The zero-order valence-corrected chi connectivity index (χ0v) is 15.6. The van der Waals surface area contributed by atoms with Crippen molar-refractivity contribution in [1.29, 1.82) is 0 Å². The highest BCUT2D eigenvalue weighted by atomic mass is 16.5. The fourth-order valence-corrected chi connectivity index (χ4v) is 2.51. The first-order valence-corrected chi connectivity index (χ1v) is 8.36. The van der Waals surface area contributed by atoms with Crippen LogP contribution in [0.25, 0.3) is 0 Å². The summed E-state index contributed by atoms with van der Waals surface area (Å²) in [5, 5.41) is 8.61. The van der Waals surface area contributed by atoms with Crippen molar-refractivity contribution in [3.8, 4) is 17.2 Å². The van der Waals surface area contributed by atoms with Crippen molar-refractivity contribution in [2.45, 2.75) is 12.8 Å². The van der Waals surface area contributed by atoms with E-state index in [-0.39, 0.29) is 5.91 Å². The maximum Gasteiger partial charge on any atom is 0.341 e. The molecule has 0 atom stereocenters. The number of anilines is 1. The lowest BCUT2D eigenvalue weighted by Gasteiger charge is -2.18. The number of nitrogens with zero attached hydrogens (tertiary/aromatic N) is 1. The number of carboxylic acid groups (broad SMARTS) is 1. The van der Waals surface area contributed by atoms with E-state index in [1.807, 2.05) is 18.2 Å². The summed E-state index contributed by atoms with van der Waals surface area (Å²) >= 11 is 0. The molecule has 1 N–H and O–H groups in total. The van der Waals surface area contributed by atoms with Gasteiger partial charge in [0.1, 0.15) is 5.75 Å². The van der Waals surface area contributed by atoms with E-state index in [1.54, 1.807) is 50.4 Å². The van der Waals surface area contributed by atoms with Crippen LogP contribution >= 0.6 is 0 Å². The summed E-state index contributed by atoms with van der Waals surface area (Å²) in [5.74, 6) is 0.639. The Labute approximate surface area is 158 Å². The average Bonchev–Trinajstić information content (AvgIpc) is 2.69. The molecule has 0 saturated carbocycles. The molecular formula is C20H23NO6. The number of aliphatic carboxylic acids is 1. The van der Waals surface area contributed by atoms with Gasteiger partial charge in [0.05, 0.1) is 14.2 Å². The van der Waals surface area contributed by atoms with Gasteiger partial charge in [-0.3, -0.25) is 4.79 Å². The van der Waals surface area contributed by atoms with Gasteiger partial charge in [-0.2, -0.15) is 0 Å². The molecule has 0 unspecified atom stereocenters. The molecule has 2 aromatic carbocycles. The second-order valence-electron chi connectivity index (χ2n) is 5.82. The molecule has 1 amide bonds. The van der Waals surface area contributed by atoms with Gasteiger partial charge in [-0.25, -0.2) is 4.79 Å². The number of amides is 1. The maximum absolute atomic E-state index is 12.5. The Hall–Kier alpha value is -3.22. The van der Waals surface area contributed by atoms with Gasteiger partial charge in [-0.1, -0.05) is 6.07 Å². The quantitative estimate of drug-likeness (QED) is 0.727. The van der Waals surface area contributed by atoms with Crippen molar-refractivity contribution in [2.75, 3.05) is 32.8 Å². The van der Waals surface area contributed by atoms with Crippen LogP contribution < -0.4 is 19.1 Å². The molecule has 144 valence electrons. The van der Waals surface area contributed by atoms with Crippen LogP contribution in [0.2, 0.25) is 0 Å². The highest BCUT2D eigenvalue weighted by Gasteiger charge is 2.12. The number of carbonyl (C=O) groups is 2. The molecule has 2 aromatic rings. The molecule has 0 bridgehead atoms. The molecule has 0 heterocycles. The smallest absolute Gasteiger partial charge is 0.341 e. The minimum atomic E-state index is -1.04. The monoisotopic (exact) mass is 373 g/mol. The zero-order valence-electron chi connectivity index (χ0n) is 15.6. The molecule has 7 heteroatoms. The van der Waals surface area contributed by atoms with Crippen LogP contribution in [0.1, 0.15) is 12.0 Å². The minimum Gasteiger partial charge on any atom is -0.493 e. The van der Waals surface area contributed by atoms with E-state index in [4.69, 9.17) is 19.3 Å². The molecule has 0 aliphatic heterocycles. The molecule has 7 nitrogen and oxygen atoms in total. The SMILES string of the molecule is COc1ccc(CCC(=O)N(C)c2ccc(OCC(=O)O)cc2)cc1OC. The summed E-state index contributed by atoms with van der Waals surface area (Å²) in [4.78, 5) is 24.5. The van der Waals surface area contributed by atoms with Crippen LogP contribution in [0, 0.1) is 0 Å². The van der Waals surface area contributed by atoms with E-state index in [1.165, 1.54) is 0 Å². The van der Waals surface area contributed by atoms with E-state index < -0.39 is 12.6 Å². The molecule has 2 rings (SSSR count). The van der Waals surface area contributed by atoms with Crippen molar-refractivity contribution >= 4 is 17.6 Å². The predicted molar refractivity (Wildman–Crippen MR) is 101 cm³/mol. The summed E-state index contributed by atoms with van der Waals surface area (Å²) < 4.78 is 15.6. The first-order valence-electron chi connectivity index (χ1n) is 8.36. The number of rotatable bonds is 9. The van der Waals surface area contributed by atoms with Crippen LogP contribution in [0.3, 0.4) is 0 Å². The van der Waals surface area contributed by atoms with Gasteiger partial charge in [0.15, 0.2) is 18.1 Å². The molecule has 0 spiro atoms. The first kappa shape index (κ1) is 20.1. The topological polar surface area (TPSA) is 85.3 Å². The summed E-state index contributed by atoms with van der Waals surface area (Å²) in [6.07, 6.45) is 0.909. The van der Waals surface area contributed by atoms with E-state index in [0.717, 1.165) is 5.56 Å². The van der Waals surface area contributed by atoms with Crippen LogP contribution in [0.15, 0.2) is 42.5 Å². The van der Waals surface area contributed by atoms with Crippen LogP contribution in [-0.2, 0) is 16.0 Å². The summed E-state index contributed by atoms with van der Waals surface area (Å²) in [5.41, 5.74) is 1.68. The Bertz CT molecular complexity index is 788. The standard InChI is InChI=1S/C20H23NO6/c1-21(15-6-8-16(9-7-15)27-13-20(23)24)19(22)11-5-14-4-10-17(25-2)18(12-14)26-3/h4,6-10,12H,5,11,13H2,1-3H3,(H,23,24). The number of benzene rings is 2. The van der Waals surface area contributed by atoms with Crippen molar-refractivity contribution in [2.24, 2.45) is 0 Å². The number of ether oxygens (including phenoxy) is 3. The first-order chi connectivity index (χ1) is 12.9. The third-order valence-corrected chi connectivity index (χ3v) is 4.04. The fourth-order valence-electron chi connectivity index (χ4n) is 2.51. The van der Waals surface area contributed by atoms with Crippen LogP contribution in [-0.4, -0.2) is 44.9 Å². The fraction of sp³-hybridized carbons (Fsp3) is 0.300. The number of hydrogen-bond acceptors (Lipinski definition) is 5. The number of methoxy groups -OCH3 is 2. The second kappa shape index (κ2) is 9.47. The minimum absolute atomic E-state index is 0.0380. The van der Waals surface area contributed by atoms with E-state index in [9.17, 15) is 9.59 Å². The van der Waals surface area contributed by atoms with Crippen molar-refractivity contribution in [3.63, 3.8) is 0 Å². The normalized spacial score (nSPS) is 10.2. The van der Waals surface area contributed by atoms with Gasteiger partial charge in [0, 0.05) is 19.2 Å². The molecule has 0 aliphatic carbocycles. The molecule has 0 saturated heterocycles. The average molecular weight is 373 g/mol. The lowest BCUT2D eigenvalue weighted by Crippen LogP contribution is -2.26.